The predicted octanol–water partition coefficient (Wildman–Crippen LogP) is 17.3. The molecule has 0 N–H and O–H groups in total. The summed E-state index contributed by atoms with van der Waals surface area (Å²) in [6, 6.07) is 56.0. The van der Waals surface area contributed by atoms with Gasteiger partial charge in [-0.15, -0.1) is 53.8 Å². The molecule has 0 saturated carbocycles. The van der Waals surface area contributed by atoms with E-state index in [1.807, 2.05) is 6.20 Å². The largest absolute Gasteiger partial charge is 0.509 e. The zero-order valence-corrected chi connectivity index (χ0v) is 47.7. The molecule has 0 fully saturated rings. The second kappa shape index (κ2) is 18.9. The van der Waals surface area contributed by atoms with Crippen molar-refractivity contribution in [2.75, 3.05) is 9.80 Å². The van der Waals surface area contributed by atoms with Crippen molar-refractivity contribution in [3.05, 3.63) is 209 Å². The second-order valence-corrected chi connectivity index (χ2v) is 24.9. The van der Waals surface area contributed by atoms with Crippen molar-refractivity contribution in [3.8, 4) is 17.3 Å². The van der Waals surface area contributed by atoms with E-state index in [4.69, 9.17) is 9.72 Å². The Labute approximate surface area is 445 Å². The van der Waals surface area contributed by atoms with Crippen LogP contribution in [0.2, 0.25) is 0 Å². The van der Waals surface area contributed by atoms with Crippen LogP contribution in [-0.4, -0.2) is 9.55 Å². The van der Waals surface area contributed by atoms with Gasteiger partial charge in [-0.25, -0.2) is 4.98 Å². The van der Waals surface area contributed by atoms with Gasteiger partial charge in [0, 0.05) is 66.5 Å². The number of allylic oxidation sites excluding steroid dienone is 1. The average molecular weight is 1130 g/mol. The standard InChI is InChI=1S/C66H73N4O.Pt/c1-61(2,3)47-33-48(62(4,5)6)35-50(34-47)68-42-58(66(15,16)45-27-21-18-22-28-45)69(43-68)51-36-49(63(7,8)9)37-52(39-51)71-53-40-55(64(10,11)12)60-54-29-23-24-30-56(54)70(57(60)41-53)59-38-46(31-32-67-59)65(13,14)44-25-19-17-20-26-44;/h17-38,40,42-43H,1-16H3;/q-3;. The maximum atomic E-state index is 7.19. The number of ether oxygens (including phenoxy) is 1. The number of anilines is 2. The molecular formula is C66H73N4OPt-3. The number of hydrogen-bond acceptors (Lipinski definition) is 4. The van der Waals surface area contributed by atoms with Crippen LogP contribution in [0.3, 0.4) is 0 Å². The van der Waals surface area contributed by atoms with E-state index in [-0.39, 0.29) is 53.6 Å². The van der Waals surface area contributed by atoms with Gasteiger partial charge in [0.15, 0.2) is 0 Å². The van der Waals surface area contributed by atoms with Crippen molar-refractivity contribution in [2.24, 2.45) is 0 Å². The third-order valence-corrected chi connectivity index (χ3v) is 14.7. The van der Waals surface area contributed by atoms with E-state index < -0.39 is 0 Å². The first-order valence-corrected chi connectivity index (χ1v) is 25.4. The minimum atomic E-state index is -0.386. The predicted molar refractivity (Wildman–Crippen MR) is 299 cm³/mol. The van der Waals surface area contributed by atoms with E-state index in [1.54, 1.807) is 0 Å². The van der Waals surface area contributed by atoms with E-state index in [1.165, 1.54) is 33.4 Å². The molecule has 0 saturated heterocycles. The van der Waals surface area contributed by atoms with Crippen LogP contribution in [0, 0.1) is 18.8 Å². The van der Waals surface area contributed by atoms with Crippen LogP contribution in [0.15, 0.2) is 152 Å². The van der Waals surface area contributed by atoms with E-state index in [2.05, 4.69) is 284 Å². The maximum absolute atomic E-state index is 7.19. The number of nitrogens with zero attached hydrogens (tertiary/aromatic N) is 4. The number of rotatable bonds is 9. The van der Waals surface area contributed by atoms with Gasteiger partial charge < -0.3 is 19.1 Å². The van der Waals surface area contributed by atoms with Crippen molar-refractivity contribution in [3.63, 3.8) is 0 Å². The number of benzene rings is 6. The van der Waals surface area contributed by atoms with Crippen LogP contribution in [-0.2, 0) is 53.6 Å². The zero-order chi connectivity index (χ0) is 51.1. The quantitative estimate of drug-likeness (QED) is 0.135. The monoisotopic (exact) mass is 1130 g/mol. The van der Waals surface area contributed by atoms with Gasteiger partial charge in [0.25, 0.3) is 0 Å². The number of para-hydroxylation sites is 1. The summed E-state index contributed by atoms with van der Waals surface area (Å²) in [5.41, 5.74) is 12.6. The van der Waals surface area contributed by atoms with Crippen molar-refractivity contribution >= 4 is 33.2 Å². The number of hydrogen-bond donors (Lipinski definition) is 0. The maximum Gasteiger partial charge on any atom is 0.135 e. The van der Waals surface area contributed by atoms with Crippen LogP contribution < -0.4 is 14.5 Å². The Bertz CT molecular complexity index is 3260. The van der Waals surface area contributed by atoms with Gasteiger partial charge in [0.2, 0.25) is 0 Å². The van der Waals surface area contributed by atoms with E-state index in [0.717, 1.165) is 50.3 Å². The number of fused-ring (bicyclic) bond motifs is 3. The van der Waals surface area contributed by atoms with Gasteiger partial charge >= 0.3 is 0 Å². The van der Waals surface area contributed by atoms with Crippen molar-refractivity contribution in [1.82, 2.24) is 9.55 Å². The topological polar surface area (TPSA) is 33.5 Å². The first-order valence-electron chi connectivity index (χ1n) is 25.4. The van der Waals surface area contributed by atoms with Crippen LogP contribution >= 0.6 is 0 Å². The fourth-order valence-electron chi connectivity index (χ4n) is 9.93. The molecule has 0 radical (unpaired) electrons. The Morgan fingerprint density at radius 1 is 0.500 bits per heavy atom. The number of pyridine rings is 1. The molecule has 0 spiro atoms. The van der Waals surface area contributed by atoms with Crippen LogP contribution in [0.4, 0.5) is 11.4 Å². The third-order valence-electron chi connectivity index (χ3n) is 14.7. The Kier molecular flexibility index (Phi) is 13.7. The van der Waals surface area contributed by atoms with Gasteiger partial charge in [-0.3, -0.25) is 0 Å². The van der Waals surface area contributed by atoms with Crippen LogP contribution in [0.5, 0.6) is 11.5 Å². The molecule has 6 aromatic carbocycles. The number of aromatic nitrogens is 2. The Morgan fingerprint density at radius 2 is 1.04 bits per heavy atom. The molecule has 1 aliphatic rings. The summed E-state index contributed by atoms with van der Waals surface area (Å²) in [6.07, 6.45) is 4.26. The molecule has 0 atom stereocenters. The summed E-state index contributed by atoms with van der Waals surface area (Å²) in [5, 5.41) is 2.31. The van der Waals surface area contributed by atoms with Gasteiger partial charge in [-0.1, -0.05) is 207 Å². The van der Waals surface area contributed by atoms with Crippen LogP contribution in [0.1, 0.15) is 150 Å². The molecule has 0 bridgehead atoms. The molecular weight excluding hydrogens is 1060 g/mol. The Hall–Kier alpha value is -5.90. The smallest absolute Gasteiger partial charge is 0.135 e. The van der Waals surface area contributed by atoms with Crippen molar-refractivity contribution < 1.29 is 25.8 Å². The van der Waals surface area contributed by atoms with Crippen LogP contribution in [0.25, 0.3) is 27.6 Å². The van der Waals surface area contributed by atoms with Gasteiger partial charge in [0.1, 0.15) is 5.82 Å². The molecule has 3 heterocycles. The Morgan fingerprint density at radius 3 is 1.62 bits per heavy atom. The summed E-state index contributed by atoms with van der Waals surface area (Å²) >= 11 is 0. The van der Waals surface area contributed by atoms with E-state index >= 15 is 0 Å². The second-order valence-electron chi connectivity index (χ2n) is 24.9. The molecule has 8 aromatic rings. The van der Waals surface area contributed by atoms with Gasteiger partial charge in [0.05, 0.1) is 0 Å². The Balaban J connectivity index is 0.00000693. The van der Waals surface area contributed by atoms with Crippen molar-refractivity contribution in [1.29, 1.82) is 0 Å². The normalized spacial score (nSPS) is 14.0. The molecule has 2 aromatic heterocycles. The van der Waals surface area contributed by atoms with Gasteiger partial charge in [-0.05, 0) is 91.4 Å². The molecule has 1 aliphatic heterocycles. The molecule has 376 valence electrons. The molecule has 72 heavy (non-hydrogen) atoms. The zero-order valence-electron chi connectivity index (χ0n) is 45.4. The van der Waals surface area contributed by atoms with E-state index in [9.17, 15) is 0 Å². The average Bonchev–Trinajstić information content (AvgIpc) is 3.92. The molecule has 0 aliphatic carbocycles. The van der Waals surface area contributed by atoms with Crippen molar-refractivity contribution in [2.45, 2.75) is 143 Å². The fourth-order valence-corrected chi connectivity index (χ4v) is 9.93. The molecule has 9 rings (SSSR count). The summed E-state index contributed by atoms with van der Waals surface area (Å²) < 4.78 is 9.46. The molecule has 5 nitrogen and oxygen atoms in total. The van der Waals surface area contributed by atoms with Gasteiger partial charge in [-0.2, -0.15) is 0 Å². The molecule has 0 amide bonds. The minimum Gasteiger partial charge on any atom is -0.509 e. The first-order chi connectivity index (χ1) is 33.2. The minimum absolute atomic E-state index is 0. The molecule has 0 unspecified atom stereocenters. The summed E-state index contributed by atoms with van der Waals surface area (Å²) in [7, 11) is 0. The third kappa shape index (κ3) is 10.1. The fraction of sp³-hybridized carbons (Fsp3) is 0.333. The SMILES string of the molecule is CC(C)(C)c1cc(Oc2[c-]c3c(c(C(C)(C)C)c2)c2ccccc2n3-c2cc(C(C)(C)c3ccccc3)ccn2)[c-]c(N2[CH-]N(c3cc(C(C)(C)C)cc(C(C)(C)C)c3)C=C2C(C)(C)c2ccccc2)c1.[Pt]. The molecule has 6 heteroatoms. The first kappa shape index (κ1) is 52.4. The summed E-state index contributed by atoms with van der Waals surface area (Å²) in [6.45, 7) is 38.9. The summed E-state index contributed by atoms with van der Waals surface area (Å²) in [4.78, 5) is 9.72. The summed E-state index contributed by atoms with van der Waals surface area (Å²) in [5.74, 6) is 2.09. The van der Waals surface area contributed by atoms with E-state index in [0.29, 0.717) is 11.5 Å².